The van der Waals surface area contributed by atoms with Gasteiger partial charge >= 0.3 is 5.97 Å². The number of esters is 1. The fourth-order valence-electron chi connectivity index (χ4n) is 2.38. The Kier molecular flexibility index (Phi) is 6.57. The third-order valence-electron chi connectivity index (χ3n) is 3.35. The van der Waals surface area contributed by atoms with Crippen molar-refractivity contribution in [2.24, 2.45) is 0 Å². The summed E-state index contributed by atoms with van der Waals surface area (Å²) in [4.78, 5) is 14.1. The Hall–Kier alpha value is -1.35. The fourth-order valence-corrected chi connectivity index (χ4v) is 2.38. The highest BCUT2D eigenvalue weighted by molar-refractivity contribution is 5.70. The molecule has 0 aliphatic carbocycles. The van der Waals surface area contributed by atoms with Crippen LogP contribution >= 0.6 is 0 Å². The molecule has 3 nitrogen and oxygen atoms in total. The van der Waals surface area contributed by atoms with E-state index in [9.17, 15) is 4.79 Å². The van der Waals surface area contributed by atoms with E-state index >= 15 is 0 Å². The van der Waals surface area contributed by atoms with Gasteiger partial charge in [-0.05, 0) is 32.5 Å². The number of aryl methyl sites for hydroxylation is 1. The van der Waals surface area contributed by atoms with Gasteiger partial charge in [-0.2, -0.15) is 0 Å². The highest BCUT2D eigenvalue weighted by Gasteiger charge is 2.21. The second kappa shape index (κ2) is 7.95. The predicted octanol–water partition coefficient (Wildman–Crippen LogP) is 3.33. The van der Waals surface area contributed by atoms with Crippen LogP contribution in [-0.2, 0) is 9.53 Å². The fraction of sp³-hybridized carbons (Fsp3) is 0.562. The first kappa shape index (κ1) is 15.7. The second-order valence-electron chi connectivity index (χ2n) is 4.66. The van der Waals surface area contributed by atoms with Gasteiger partial charge in [0.2, 0.25) is 0 Å². The maximum Gasteiger partial charge on any atom is 0.307 e. The van der Waals surface area contributed by atoms with E-state index < -0.39 is 0 Å². The molecule has 1 aromatic carbocycles. The number of benzene rings is 1. The zero-order chi connectivity index (χ0) is 14.3. The molecule has 0 saturated carbocycles. The molecule has 1 aromatic rings. The molecule has 0 fully saturated rings. The van der Waals surface area contributed by atoms with E-state index in [4.69, 9.17) is 4.74 Å². The van der Waals surface area contributed by atoms with Crippen LogP contribution in [0.3, 0.4) is 0 Å². The minimum absolute atomic E-state index is 0.106. The first-order valence-corrected chi connectivity index (χ1v) is 7.08. The number of rotatable bonds is 7. The quantitative estimate of drug-likeness (QED) is 0.707. The van der Waals surface area contributed by atoms with Gasteiger partial charge in [-0.3, -0.25) is 9.69 Å². The second-order valence-corrected chi connectivity index (χ2v) is 4.66. The summed E-state index contributed by atoms with van der Waals surface area (Å²) in [5, 5.41) is 0. The van der Waals surface area contributed by atoms with Gasteiger partial charge in [-0.25, -0.2) is 0 Å². The van der Waals surface area contributed by atoms with Crippen molar-refractivity contribution in [1.82, 2.24) is 4.90 Å². The van der Waals surface area contributed by atoms with Crippen LogP contribution in [0.4, 0.5) is 0 Å². The minimum atomic E-state index is -0.124. The van der Waals surface area contributed by atoms with Gasteiger partial charge in [0.05, 0.1) is 13.0 Å². The third-order valence-corrected chi connectivity index (χ3v) is 3.35. The molecule has 1 rings (SSSR count). The smallest absolute Gasteiger partial charge is 0.307 e. The van der Waals surface area contributed by atoms with Gasteiger partial charge in [0, 0.05) is 6.04 Å². The Morgan fingerprint density at radius 1 is 1.26 bits per heavy atom. The van der Waals surface area contributed by atoms with Gasteiger partial charge in [-0.15, -0.1) is 0 Å². The van der Waals surface area contributed by atoms with Crippen molar-refractivity contribution in [3.8, 4) is 0 Å². The first-order chi connectivity index (χ1) is 9.12. The number of carbonyl (C=O) groups excluding carboxylic acids is 1. The molecule has 0 N–H and O–H groups in total. The molecule has 0 aliphatic heterocycles. The molecule has 0 aliphatic rings. The number of nitrogens with zero attached hydrogens (tertiary/aromatic N) is 1. The topological polar surface area (TPSA) is 29.5 Å². The van der Waals surface area contributed by atoms with E-state index in [1.165, 1.54) is 11.1 Å². The zero-order valence-electron chi connectivity index (χ0n) is 12.5. The molecule has 0 heterocycles. The number of ether oxygens (including phenoxy) is 1. The van der Waals surface area contributed by atoms with E-state index in [1.54, 1.807) is 0 Å². The Bertz CT molecular complexity index is 399. The lowest BCUT2D eigenvalue weighted by Gasteiger charge is -2.29. The largest absolute Gasteiger partial charge is 0.466 e. The Labute approximate surface area is 116 Å². The monoisotopic (exact) mass is 263 g/mol. The molecule has 19 heavy (non-hydrogen) atoms. The van der Waals surface area contributed by atoms with Crippen LogP contribution in [0.1, 0.15) is 44.4 Å². The van der Waals surface area contributed by atoms with Gasteiger partial charge < -0.3 is 4.74 Å². The molecular formula is C16H25NO2. The normalized spacial score (nSPS) is 12.5. The minimum Gasteiger partial charge on any atom is -0.466 e. The number of hydrogen-bond acceptors (Lipinski definition) is 3. The van der Waals surface area contributed by atoms with Gasteiger partial charge in [0.1, 0.15) is 0 Å². The zero-order valence-corrected chi connectivity index (χ0v) is 12.5. The van der Waals surface area contributed by atoms with Crippen LogP contribution in [0.15, 0.2) is 24.3 Å². The van der Waals surface area contributed by atoms with Crippen LogP contribution in [-0.4, -0.2) is 30.6 Å². The maximum absolute atomic E-state index is 11.8. The van der Waals surface area contributed by atoms with Crippen molar-refractivity contribution in [2.75, 3.05) is 19.7 Å². The summed E-state index contributed by atoms with van der Waals surface area (Å²) in [5.74, 6) is -0.124. The van der Waals surface area contributed by atoms with Crippen LogP contribution in [0.25, 0.3) is 0 Å². The van der Waals surface area contributed by atoms with Crippen molar-refractivity contribution in [1.29, 1.82) is 0 Å². The predicted molar refractivity (Wildman–Crippen MR) is 78.1 cm³/mol. The van der Waals surface area contributed by atoms with Crippen LogP contribution in [0, 0.1) is 6.92 Å². The summed E-state index contributed by atoms with van der Waals surface area (Å²) in [6, 6.07) is 8.48. The van der Waals surface area contributed by atoms with Crippen molar-refractivity contribution in [3.63, 3.8) is 0 Å². The molecule has 0 bridgehead atoms. The summed E-state index contributed by atoms with van der Waals surface area (Å²) in [5.41, 5.74) is 2.41. The summed E-state index contributed by atoms with van der Waals surface area (Å²) < 4.78 is 5.10. The summed E-state index contributed by atoms with van der Waals surface area (Å²) >= 11 is 0. The van der Waals surface area contributed by atoms with Crippen molar-refractivity contribution in [3.05, 3.63) is 35.4 Å². The van der Waals surface area contributed by atoms with Crippen LogP contribution < -0.4 is 0 Å². The van der Waals surface area contributed by atoms with Crippen molar-refractivity contribution in [2.45, 2.75) is 40.2 Å². The van der Waals surface area contributed by atoms with Gasteiger partial charge in [-0.1, -0.05) is 43.7 Å². The molecule has 0 saturated heterocycles. The number of carbonyl (C=O) groups is 1. The molecular weight excluding hydrogens is 238 g/mol. The van der Waals surface area contributed by atoms with E-state index in [1.807, 2.05) is 13.0 Å². The van der Waals surface area contributed by atoms with Crippen molar-refractivity contribution >= 4 is 5.97 Å². The maximum atomic E-state index is 11.8. The van der Waals surface area contributed by atoms with Crippen LogP contribution in [0.2, 0.25) is 0 Å². The number of hydrogen-bond donors (Lipinski definition) is 0. The molecule has 0 amide bonds. The molecule has 3 heteroatoms. The highest BCUT2D eigenvalue weighted by Crippen LogP contribution is 2.25. The highest BCUT2D eigenvalue weighted by atomic mass is 16.5. The lowest BCUT2D eigenvalue weighted by Crippen LogP contribution is -2.30. The standard InChI is InChI=1S/C16H25NO2/c1-5-17(6-2)15(12-16(18)19-7-3)14-10-8-9-13(4)11-14/h8-11,15H,5-7,12H2,1-4H3. The molecule has 1 atom stereocenters. The van der Waals surface area contributed by atoms with Crippen LogP contribution in [0.5, 0.6) is 0 Å². The average Bonchev–Trinajstić information content (AvgIpc) is 2.39. The Balaban J connectivity index is 2.94. The molecule has 106 valence electrons. The summed E-state index contributed by atoms with van der Waals surface area (Å²) in [6.45, 7) is 10.5. The lowest BCUT2D eigenvalue weighted by atomic mass is 10.00. The molecule has 0 radical (unpaired) electrons. The molecule has 1 unspecified atom stereocenters. The van der Waals surface area contributed by atoms with Gasteiger partial charge in [0.25, 0.3) is 0 Å². The Morgan fingerprint density at radius 3 is 2.47 bits per heavy atom. The summed E-state index contributed by atoms with van der Waals surface area (Å²) in [7, 11) is 0. The lowest BCUT2D eigenvalue weighted by molar-refractivity contribution is -0.144. The van der Waals surface area contributed by atoms with E-state index in [0.717, 1.165) is 13.1 Å². The molecule has 0 spiro atoms. The Morgan fingerprint density at radius 2 is 1.95 bits per heavy atom. The van der Waals surface area contributed by atoms with Gasteiger partial charge in [0.15, 0.2) is 0 Å². The third kappa shape index (κ3) is 4.67. The average molecular weight is 263 g/mol. The van der Waals surface area contributed by atoms with Crippen molar-refractivity contribution < 1.29 is 9.53 Å². The summed E-state index contributed by atoms with van der Waals surface area (Å²) in [6.07, 6.45) is 0.416. The van der Waals surface area contributed by atoms with E-state index in [-0.39, 0.29) is 12.0 Å². The SMILES string of the molecule is CCOC(=O)CC(c1cccc(C)c1)N(CC)CC. The molecule has 0 aromatic heterocycles. The van der Waals surface area contributed by atoms with E-state index in [2.05, 4.69) is 43.9 Å². The first-order valence-electron chi connectivity index (χ1n) is 7.08. The van der Waals surface area contributed by atoms with E-state index in [0.29, 0.717) is 13.0 Å².